The number of rotatable bonds is 4. The highest BCUT2D eigenvalue weighted by molar-refractivity contribution is 5.53. The van der Waals surface area contributed by atoms with E-state index < -0.39 is 0 Å². The molecule has 96 valence electrons. The zero-order chi connectivity index (χ0) is 12.7. The van der Waals surface area contributed by atoms with Crippen LogP contribution in [0.1, 0.15) is 37.4 Å². The summed E-state index contributed by atoms with van der Waals surface area (Å²) in [7, 11) is 0. The summed E-state index contributed by atoms with van der Waals surface area (Å²) < 4.78 is 1.81. The summed E-state index contributed by atoms with van der Waals surface area (Å²) in [6, 6.07) is 0.595. The van der Waals surface area contributed by atoms with Gasteiger partial charge in [-0.25, -0.2) is 4.98 Å². The highest BCUT2D eigenvalue weighted by atomic mass is 15.4. The third-order valence-electron chi connectivity index (χ3n) is 3.81. The van der Waals surface area contributed by atoms with Gasteiger partial charge in [-0.05, 0) is 32.6 Å². The van der Waals surface area contributed by atoms with Crippen molar-refractivity contribution in [3.05, 3.63) is 17.6 Å². The lowest BCUT2D eigenvalue weighted by Crippen LogP contribution is -2.13. The molecule has 0 amide bonds. The maximum absolute atomic E-state index is 4.43. The Bertz CT molecular complexity index is 574. The lowest BCUT2D eigenvalue weighted by atomic mass is 10.2. The van der Waals surface area contributed by atoms with Crippen molar-refractivity contribution in [3.8, 4) is 0 Å². The van der Waals surface area contributed by atoms with Gasteiger partial charge >= 0.3 is 0 Å². The Balaban J connectivity index is 1.91. The summed E-state index contributed by atoms with van der Waals surface area (Å²) in [6.45, 7) is 6.35. The Hall–Kier alpha value is -1.65. The summed E-state index contributed by atoms with van der Waals surface area (Å²) in [4.78, 5) is 8.59. The van der Waals surface area contributed by atoms with Crippen molar-refractivity contribution in [3.63, 3.8) is 0 Å². The van der Waals surface area contributed by atoms with Crippen LogP contribution in [-0.2, 0) is 0 Å². The first-order chi connectivity index (χ1) is 8.70. The fraction of sp³-hybridized carbons (Fsp3) is 0.615. The molecule has 0 saturated heterocycles. The second-order valence-corrected chi connectivity index (χ2v) is 5.18. The molecular formula is C13H19N5. The van der Waals surface area contributed by atoms with Crippen LogP contribution in [0, 0.1) is 19.8 Å². The minimum absolute atomic E-state index is 0.595. The van der Waals surface area contributed by atoms with Crippen LogP contribution in [0.2, 0.25) is 0 Å². The Kier molecular flexibility index (Phi) is 2.69. The first-order valence-corrected chi connectivity index (χ1v) is 6.64. The molecule has 2 heterocycles. The molecule has 1 N–H and O–H groups in total. The first kappa shape index (κ1) is 11.4. The predicted molar refractivity (Wildman–Crippen MR) is 70.7 cm³/mol. The average Bonchev–Trinajstić information content (AvgIpc) is 2.89. The van der Waals surface area contributed by atoms with Gasteiger partial charge in [0.2, 0.25) is 0 Å². The number of fused-ring (bicyclic) bond motifs is 1. The molecule has 3 rings (SSSR count). The SMILES string of the molecule is CCCC1CC1Nc1c(C)c(C)nc2ncnn12. The molecule has 2 aromatic rings. The molecule has 18 heavy (non-hydrogen) atoms. The molecule has 1 fully saturated rings. The molecular weight excluding hydrogens is 226 g/mol. The number of hydrogen-bond acceptors (Lipinski definition) is 4. The third-order valence-corrected chi connectivity index (χ3v) is 3.81. The number of nitrogens with zero attached hydrogens (tertiary/aromatic N) is 4. The molecule has 2 atom stereocenters. The molecule has 2 aromatic heterocycles. The van der Waals surface area contributed by atoms with Crippen molar-refractivity contribution < 1.29 is 0 Å². The van der Waals surface area contributed by atoms with E-state index >= 15 is 0 Å². The molecule has 0 aromatic carbocycles. The van der Waals surface area contributed by atoms with Gasteiger partial charge in [-0.3, -0.25) is 0 Å². The molecule has 2 unspecified atom stereocenters. The zero-order valence-electron chi connectivity index (χ0n) is 11.1. The lowest BCUT2D eigenvalue weighted by molar-refractivity contribution is 0.690. The van der Waals surface area contributed by atoms with Gasteiger partial charge in [0.15, 0.2) is 0 Å². The third kappa shape index (κ3) is 1.83. The number of hydrogen-bond donors (Lipinski definition) is 1. The molecule has 1 aliphatic carbocycles. The second kappa shape index (κ2) is 4.23. The maximum atomic E-state index is 4.43. The van der Waals surface area contributed by atoms with Crippen LogP contribution in [-0.4, -0.2) is 25.6 Å². The monoisotopic (exact) mass is 245 g/mol. The van der Waals surface area contributed by atoms with Crippen molar-refractivity contribution >= 4 is 11.6 Å². The van der Waals surface area contributed by atoms with Gasteiger partial charge in [0.25, 0.3) is 5.78 Å². The summed E-state index contributed by atoms with van der Waals surface area (Å²) in [6.07, 6.45) is 5.39. The van der Waals surface area contributed by atoms with Crippen LogP contribution in [0.25, 0.3) is 5.78 Å². The van der Waals surface area contributed by atoms with Gasteiger partial charge < -0.3 is 5.32 Å². The average molecular weight is 245 g/mol. The Morgan fingerprint density at radius 1 is 1.44 bits per heavy atom. The van der Waals surface area contributed by atoms with Crippen LogP contribution >= 0.6 is 0 Å². The van der Waals surface area contributed by atoms with E-state index in [1.165, 1.54) is 19.3 Å². The summed E-state index contributed by atoms with van der Waals surface area (Å²) in [5, 5.41) is 7.86. The Labute approximate surface area is 107 Å². The standard InChI is InChI=1S/C13H19N5/c1-4-5-10-6-11(10)17-12-8(2)9(3)16-13-14-7-15-18(12)13/h7,10-11,17H,4-6H2,1-3H3. The minimum atomic E-state index is 0.595. The van der Waals surface area contributed by atoms with Gasteiger partial charge in [0, 0.05) is 17.3 Å². The minimum Gasteiger partial charge on any atom is -0.367 e. The summed E-state index contributed by atoms with van der Waals surface area (Å²) in [5.74, 6) is 2.55. The molecule has 1 aliphatic rings. The maximum Gasteiger partial charge on any atom is 0.254 e. The van der Waals surface area contributed by atoms with E-state index in [1.807, 2.05) is 11.4 Å². The molecule has 0 aliphatic heterocycles. The molecule has 5 nitrogen and oxygen atoms in total. The normalized spacial score (nSPS) is 22.4. The quantitative estimate of drug-likeness (QED) is 0.898. The smallest absolute Gasteiger partial charge is 0.254 e. The molecule has 0 radical (unpaired) electrons. The van der Waals surface area contributed by atoms with E-state index in [-0.39, 0.29) is 0 Å². The van der Waals surface area contributed by atoms with Crippen LogP contribution in [0.15, 0.2) is 6.33 Å². The Morgan fingerprint density at radius 3 is 3.06 bits per heavy atom. The molecule has 1 saturated carbocycles. The molecule has 0 spiro atoms. The number of anilines is 1. The van der Waals surface area contributed by atoms with Crippen LogP contribution in [0.4, 0.5) is 5.82 Å². The van der Waals surface area contributed by atoms with Crippen molar-refractivity contribution in [1.29, 1.82) is 0 Å². The van der Waals surface area contributed by atoms with E-state index in [0.29, 0.717) is 11.8 Å². The number of aryl methyl sites for hydroxylation is 1. The topological polar surface area (TPSA) is 55.1 Å². The summed E-state index contributed by atoms with van der Waals surface area (Å²) >= 11 is 0. The van der Waals surface area contributed by atoms with Crippen LogP contribution < -0.4 is 5.32 Å². The lowest BCUT2D eigenvalue weighted by Gasteiger charge is -2.12. The van der Waals surface area contributed by atoms with Gasteiger partial charge in [-0.15, -0.1) is 0 Å². The van der Waals surface area contributed by atoms with Crippen molar-refractivity contribution in [2.24, 2.45) is 5.92 Å². The fourth-order valence-corrected chi connectivity index (χ4v) is 2.49. The van der Waals surface area contributed by atoms with E-state index in [2.05, 4.69) is 34.2 Å². The van der Waals surface area contributed by atoms with Crippen LogP contribution in [0.3, 0.4) is 0 Å². The Morgan fingerprint density at radius 2 is 2.28 bits per heavy atom. The van der Waals surface area contributed by atoms with Gasteiger partial charge in [-0.1, -0.05) is 13.3 Å². The molecule has 0 bridgehead atoms. The fourth-order valence-electron chi connectivity index (χ4n) is 2.49. The number of nitrogens with one attached hydrogen (secondary N) is 1. The molecule has 5 heteroatoms. The van der Waals surface area contributed by atoms with Crippen molar-refractivity contribution in [1.82, 2.24) is 19.6 Å². The van der Waals surface area contributed by atoms with Crippen LogP contribution in [0.5, 0.6) is 0 Å². The van der Waals surface area contributed by atoms with E-state index in [4.69, 9.17) is 0 Å². The van der Waals surface area contributed by atoms with Crippen molar-refractivity contribution in [2.45, 2.75) is 46.1 Å². The van der Waals surface area contributed by atoms with Crippen molar-refractivity contribution in [2.75, 3.05) is 5.32 Å². The van der Waals surface area contributed by atoms with Gasteiger partial charge in [-0.2, -0.15) is 14.6 Å². The first-order valence-electron chi connectivity index (χ1n) is 6.64. The highest BCUT2D eigenvalue weighted by Crippen LogP contribution is 2.37. The zero-order valence-corrected chi connectivity index (χ0v) is 11.1. The highest BCUT2D eigenvalue weighted by Gasteiger charge is 2.36. The van der Waals surface area contributed by atoms with E-state index in [1.54, 1.807) is 6.33 Å². The number of aromatic nitrogens is 4. The van der Waals surface area contributed by atoms with Gasteiger partial charge in [0.1, 0.15) is 12.1 Å². The van der Waals surface area contributed by atoms with E-state index in [0.717, 1.165) is 23.0 Å². The van der Waals surface area contributed by atoms with E-state index in [9.17, 15) is 0 Å². The largest absolute Gasteiger partial charge is 0.367 e. The predicted octanol–water partition coefficient (Wildman–Crippen LogP) is 2.34. The summed E-state index contributed by atoms with van der Waals surface area (Å²) in [5.41, 5.74) is 2.18. The van der Waals surface area contributed by atoms with Gasteiger partial charge in [0.05, 0.1) is 0 Å². The second-order valence-electron chi connectivity index (χ2n) is 5.18.